The Labute approximate surface area is 191 Å². The lowest BCUT2D eigenvalue weighted by molar-refractivity contribution is -0.126. The summed E-state index contributed by atoms with van der Waals surface area (Å²) in [5.74, 6) is 1.12. The number of piperidine rings is 1. The monoisotopic (exact) mass is 442 g/mol. The summed E-state index contributed by atoms with van der Waals surface area (Å²) in [6.45, 7) is 1.39. The number of aromatic amines is 1. The van der Waals surface area contributed by atoms with Crippen molar-refractivity contribution in [3.63, 3.8) is 0 Å². The average Bonchev–Trinajstić information content (AvgIpc) is 3.29. The number of rotatable bonds is 5. The third-order valence-electron chi connectivity index (χ3n) is 6.28. The van der Waals surface area contributed by atoms with Gasteiger partial charge in [0.2, 0.25) is 5.91 Å². The molecule has 7 nitrogen and oxygen atoms in total. The number of imidazole rings is 1. The van der Waals surface area contributed by atoms with E-state index in [-0.39, 0.29) is 17.7 Å². The van der Waals surface area contributed by atoms with Gasteiger partial charge in [-0.1, -0.05) is 36.4 Å². The molecule has 7 heteroatoms. The molecule has 1 aliphatic heterocycles. The highest BCUT2D eigenvalue weighted by Crippen LogP contribution is 2.30. The number of fused-ring (bicyclic) bond motifs is 2. The van der Waals surface area contributed by atoms with Crippen molar-refractivity contribution in [1.29, 1.82) is 0 Å². The number of carbonyl (C=O) groups excluding carboxylic acids is 2. The first-order chi connectivity index (χ1) is 16.1. The van der Waals surface area contributed by atoms with Crippen molar-refractivity contribution >= 4 is 33.6 Å². The predicted molar refractivity (Wildman–Crippen MR) is 127 cm³/mol. The molecule has 3 aromatic carbocycles. The first-order valence-electron chi connectivity index (χ1n) is 11.2. The lowest BCUT2D eigenvalue weighted by atomic mass is 9.95. The summed E-state index contributed by atoms with van der Waals surface area (Å²) >= 11 is 0. The fourth-order valence-corrected chi connectivity index (χ4v) is 4.59. The van der Waals surface area contributed by atoms with E-state index < -0.39 is 0 Å². The molecule has 33 heavy (non-hydrogen) atoms. The van der Waals surface area contributed by atoms with E-state index in [4.69, 9.17) is 4.74 Å². The van der Waals surface area contributed by atoms with E-state index in [0.717, 1.165) is 46.2 Å². The van der Waals surface area contributed by atoms with Crippen molar-refractivity contribution in [2.45, 2.75) is 19.4 Å². The van der Waals surface area contributed by atoms with E-state index in [2.05, 4.69) is 15.3 Å². The van der Waals surface area contributed by atoms with E-state index in [1.807, 2.05) is 60.7 Å². The van der Waals surface area contributed by atoms with Crippen LogP contribution in [0.15, 0.2) is 60.7 Å². The summed E-state index contributed by atoms with van der Waals surface area (Å²) in [4.78, 5) is 35.8. The third kappa shape index (κ3) is 4.14. The highest BCUT2D eigenvalue weighted by molar-refractivity contribution is 6.08. The number of para-hydroxylation sites is 2. The van der Waals surface area contributed by atoms with Gasteiger partial charge in [0, 0.05) is 24.0 Å². The first kappa shape index (κ1) is 21.0. The Bertz CT molecular complexity index is 1300. The summed E-state index contributed by atoms with van der Waals surface area (Å²) in [6, 6.07) is 19.2. The van der Waals surface area contributed by atoms with Crippen LogP contribution in [-0.2, 0) is 11.3 Å². The molecule has 1 unspecified atom stereocenters. The van der Waals surface area contributed by atoms with Crippen LogP contribution in [0.4, 0.5) is 0 Å². The van der Waals surface area contributed by atoms with Crippen molar-refractivity contribution in [3.8, 4) is 5.75 Å². The molecule has 1 fully saturated rings. The zero-order valence-corrected chi connectivity index (χ0v) is 18.5. The Morgan fingerprint density at radius 2 is 1.88 bits per heavy atom. The molecule has 2 amide bonds. The number of H-pyrrole nitrogens is 1. The van der Waals surface area contributed by atoms with Crippen LogP contribution in [0.3, 0.4) is 0 Å². The van der Waals surface area contributed by atoms with Gasteiger partial charge in [0.15, 0.2) is 0 Å². The van der Waals surface area contributed by atoms with Crippen LogP contribution in [0.2, 0.25) is 0 Å². The number of ether oxygens (including phenoxy) is 1. The Balaban J connectivity index is 1.28. The molecule has 1 atom stereocenters. The van der Waals surface area contributed by atoms with Crippen LogP contribution in [0, 0.1) is 5.92 Å². The Hall–Kier alpha value is -3.87. The maximum atomic E-state index is 13.4. The number of likely N-dealkylation sites (tertiary alicyclic amines) is 1. The van der Waals surface area contributed by atoms with Crippen LogP contribution in [0.5, 0.6) is 5.75 Å². The smallest absolute Gasteiger partial charge is 0.254 e. The van der Waals surface area contributed by atoms with E-state index in [1.54, 1.807) is 12.0 Å². The predicted octanol–water partition coefficient (Wildman–Crippen LogP) is 3.89. The minimum atomic E-state index is -0.239. The number of amides is 2. The highest BCUT2D eigenvalue weighted by atomic mass is 16.5. The van der Waals surface area contributed by atoms with Crippen LogP contribution < -0.4 is 10.1 Å². The van der Waals surface area contributed by atoms with Crippen LogP contribution >= 0.6 is 0 Å². The van der Waals surface area contributed by atoms with Crippen LogP contribution in [0.25, 0.3) is 21.8 Å². The van der Waals surface area contributed by atoms with Crippen molar-refractivity contribution in [1.82, 2.24) is 20.2 Å². The van der Waals surface area contributed by atoms with Crippen molar-refractivity contribution in [3.05, 3.63) is 72.1 Å². The molecule has 0 saturated carbocycles. The van der Waals surface area contributed by atoms with Crippen molar-refractivity contribution in [2.24, 2.45) is 5.92 Å². The van der Waals surface area contributed by atoms with Crippen LogP contribution in [-0.4, -0.2) is 46.9 Å². The largest absolute Gasteiger partial charge is 0.496 e. The van der Waals surface area contributed by atoms with Gasteiger partial charge < -0.3 is 19.9 Å². The van der Waals surface area contributed by atoms with Gasteiger partial charge in [0.25, 0.3) is 5.91 Å². The number of hydrogen-bond acceptors (Lipinski definition) is 4. The molecule has 0 aliphatic carbocycles. The van der Waals surface area contributed by atoms with Gasteiger partial charge in [-0.3, -0.25) is 9.59 Å². The van der Waals surface area contributed by atoms with Crippen molar-refractivity contribution < 1.29 is 14.3 Å². The number of nitrogens with zero attached hydrogens (tertiary/aromatic N) is 2. The summed E-state index contributed by atoms with van der Waals surface area (Å²) in [5.41, 5.74) is 2.46. The quantitative estimate of drug-likeness (QED) is 0.491. The molecule has 4 aromatic rings. The zero-order chi connectivity index (χ0) is 22.8. The van der Waals surface area contributed by atoms with E-state index in [1.165, 1.54) is 0 Å². The molecular weight excluding hydrogens is 416 g/mol. The minimum Gasteiger partial charge on any atom is -0.496 e. The minimum absolute atomic E-state index is 0.0486. The Kier molecular flexibility index (Phi) is 5.69. The molecule has 0 radical (unpaired) electrons. The second kappa shape index (κ2) is 8.94. The van der Waals surface area contributed by atoms with Crippen molar-refractivity contribution in [2.75, 3.05) is 20.2 Å². The molecule has 5 rings (SSSR count). The Morgan fingerprint density at radius 3 is 2.70 bits per heavy atom. The fraction of sp³-hybridized carbons (Fsp3) is 0.269. The van der Waals surface area contributed by atoms with Gasteiger partial charge in [-0.25, -0.2) is 4.98 Å². The lowest BCUT2D eigenvalue weighted by Crippen LogP contribution is -2.45. The zero-order valence-electron chi connectivity index (χ0n) is 18.5. The normalized spacial score (nSPS) is 16.2. The van der Waals surface area contributed by atoms with Gasteiger partial charge in [-0.05, 0) is 42.5 Å². The van der Waals surface area contributed by atoms with E-state index in [0.29, 0.717) is 25.2 Å². The van der Waals surface area contributed by atoms with Crippen LogP contribution in [0.1, 0.15) is 29.0 Å². The molecular formula is C26H26N4O3. The highest BCUT2D eigenvalue weighted by Gasteiger charge is 2.29. The maximum absolute atomic E-state index is 13.4. The van der Waals surface area contributed by atoms with Gasteiger partial charge in [0.05, 0.1) is 30.6 Å². The average molecular weight is 443 g/mol. The number of benzene rings is 3. The van der Waals surface area contributed by atoms with E-state index in [9.17, 15) is 9.59 Å². The number of aromatic nitrogens is 2. The summed E-state index contributed by atoms with van der Waals surface area (Å²) in [5, 5.41) is 4.75. The standard InChI is InChI=1S/C26H26N4O3/c1-33-23-13-12-20(18-8-2-3-9-19(18)23)26(32)30-14-6-7-17(16-30)25(31)27-15-24-28-21-10-4-5-11-22(21)29-24/h2-5,8-13,17H,6-7,14-16H2,1H3,(H,27,31)(H,28,29). The second-order valence-corrected chi connectivity index (χ2v) is 8.37. The molecule has 2 N–H and O–H groups in total. The third-order valence-corrected chi connectivity index (χ3v) is 6.28. The number of carbonyl (C=O) groups is 2. The summed E-state index contributed by atoms with van der Waals surface area (Å²) < 4.78 is 5.45. The number of hydrogen-bond donors (Lipinski definition) is 2. The summed E-state index contributed by atoms with van der Waals surface area (Å²) in [7, 11) is 1.63. The molecule has 168 valence electrons. The number of methoxy groups -OCH3 is 1. The SMILES string of the molecule is COc1ccc(C(=O)N2CCCC(C(=O)NCc3nc4ccccc4[nH]3)C2)c2ccccc12. The fourth-order valence-electron chi connectivity index (χ4n) is 4.59. The molecule has 1 aromatic heterocycles. The Morgan fingerprint density at radius 1 is 1.09 bits per heavy atom. The number of nitrogens with one attached hydrogen (secondary N) is 2. The molecule has 0 bridgehead atoms. The van der Waals surface area contributed by atoms with Gasteiger partial charge in [-0.2, -0.15) is 0 Å². The maximum Gasteiger partial charge on any atom is 0.254 e. The van der Waals surface area contributed by atoms with Gasteiger partial charge in [0.1, 0.15) is 11.6 Å². The van der Waals surface area contributed by atoms with Gasteiger partial charge >= 0.3 is 0 Å². The molecule has 1 saturated heterocycles. The molecule has 1 aliphatic rings. The summed E-state index contributed by atoms with van der Waals surface area (Å²) in [6.07, 6.45) is 1.56. The lowest BCUT2D eigenvalue weighted by Gasteiger charge is -2.32. The second-order valence-electron chi connectivity index (χ2n) is 8.37. The topological polar surface area (TPSA) is 87.3 Å². The molecule has 0 spiro atoms. The van der Waals surface area contributed by atoms with E-state index >= 15 is 0 Å². The molecule has 2 heterocycles. The first-order valence-corrected chi connectivity index (χ1v) is 11.2. The van der Waals surface area contributed by atoms with Gasteiger partial charge in [-0.15, -0.1) is 0 Å².